The van der Waals surface area contributed by atoms with E-state index < -0.39 is 0 Å². The third-order valence-corrected chi connectivity index (χ3v) is 5.84. The Labute approximate surface area is 155 Å². The van der Waals surface area contributed by atoms with Crippen molar-refractivity contribution in [1.82, 2.24) is 14.8 Å². The van der Waals surface area contributed by atoms with Gasteiger partial charge >= 0.3 is 0 Å². The van der Waals surface area contributed by atoms with Crippen molar-refractivity contribution in [2.45, 2.75) is 39.3 Å². The molecule has 26 heavy (non-hydrogen) atoms. The number of likely N-dealkylation sites (tertiary alicyclic amines) is 2. The predicted molar refractivity (Wildman–Crippen MR) is 102 cm³/mol. The van der Waals surface area contributed by atoms with Gasteiger partial charge < -0.3 is 4.90 Å². The van der Waals surface area contributed by atoms with Crippen molar-refractivity contribution in [1.29, 1.82) is 0 Å². The van der Waals surface area contributed by atoms with Crippen molar-refractivity contribution in [3.05, 3.63) is 65.5 Å². The van der Waals surface area contributed by atoms with Gasteiger partial charge in [0.2, 0.25) is 5.91 Å². The fourth-order valence-corrected chi connectivity index (χ4v) is 4.56. The molecule has 0 bridgehead atoms. The molecule has 2 fully saturated rings. The maximum absolute atomic E-state index is 13.3. The zero-order valence-electron chi connectivity index (χ0n) is 15.5. The molecule has 1 aromatic heterocycles. The summed E-state index contributed by atoms with van der Waals surface area (Å²) in [6, 6.07) is 12.6. The Morgan fingerprint density at radius 2 is 1.96 bits per heavy atom. The zero-order valence-corrected chi connectivity index (χ0v) is 15.5. The maximum Gasteiger partial charge on any atom is 0.230 e. The highest BCUT2D eigenvalue weighted by Gasteiger charge is 2.48. The van der Waals surface area contributed by atoms with Gasteiger partial charge in [-0.2, -0.15) is 0 Å². The number of carbonyl (C=O) groups is 1. The molecule has 0 radical (unpaired) electrons. The quantitative estimate of drug-likeness (QED) is 0.849. The Morgan fingerprint density at radius 3 is 2.77 bits per heavy atom. The molecule has 1 spiro atoms. The van der Waals surface area contributed by atoms with Gasteiger partial charge in [0.15, 0.2) is 0 Å². The molecule has 0 saturated carbocycles. The summed E-state index contributed by atoms with van der Waals surface area (Å²) < 4.78 is 0. The van der Waals surface area contributed by atoms with Gasteiger partial charge in [0.1, 0.15) is 0 Å². The van der Waals surface area contributed by atoms with Crippen LogP contribution in [0, 0.1) is 12.3 Å². The van der Waals surface area contributed by atoms with Crippen molar-refractivity contribution in [2.75, 3.05) is 19.6 Å². The van der Waals surface area contributed by atoms with Crippen LogP contribution in [0.15, 0.2) is 48.8 Å². The first-order valence-corrected chi connectivity index (χ1v) is 9.61. The largest absolute Gasteiger partial charge is 0.338 e. The van der Waals surface area contributed by atoms with Crippen LogP contribution in [0.4, 0.5) is 0 Å². The molecular weight excluding hydrogens is 322 g/mol. The number of hydrogen-bond acceptors (Lipinski definition) is 3. The van der Waals surface area contributed by atoms with E-state index in [-0.39, 0.29) is 5.41 Å². The second-order valence-electron chi connectivity index (χ2n) is 7.92. The van der Waals surface area contributed by atoms with E-state index >= 15 is 0 Å². The first-order chi connectivity index (χ1) is 12.6. The number of pyridine rings is 1. The zero-order chi connectivity index (χ0) is 18.0. The molecule has 1 atom stereocenters. The molecule has 136 valence electrons. The van der Waals surface area contributed by atoms with Crippen LogP contribution in [0.1, 0.15) is 36.0 Å². The lowest BCUT2D eigenvalue weighted by molar-refractivity contribution is -0.146. The van der Waals surface area contributed by atoms with E-state index in [1.807, 2.05) is 18.5 Å². The molecule has 0 aliphatic carbocycles. The molecule has 2 aromatic rings. The summed E-state index contributed by atoms with van der Waals surface area (Å²) in [5, 5.41) is 0. The number of amides is 1. The van der Waals surface area contributed by atoms with Gasteiger partial charge in [0.25, 0.3) is 0 Å². The minimum absolute atomic E-state index is 0.176. The number of aromatic nitrogens is 1. The van der Waals surface area contributed by atoms with Crippen LogP contribution >= 0.6 is 0 Å². The molecule has 2 aliphatic heterocycles. The highest BCUT2D eigenvalue weighted by molar-refractivity contribution is 5.84. The second kappa shape index (κ2) is 7.20. The molecule has 4 heteroatoms. The average Bonchev–Trinajstić information content (AvgIpc) is 3.04. The molecule has 2 saturated heterocycles. The summed E-state index contributed by atoms with van der Waals surface area (Å²) >= 11 is 0. The number of piperidine rings is 1. The van der Waals surface area contributed by atoms with Gasteiger partial charge in [0.05, 0.1) is 5.41 Å². The van der Waals surface area contributed by atoms with E-state index in [1.165, 1.54) is 16.7 Å². The van der Waals surface area contributed by atoms with Gasteiger partial charge in [-0.25, -0.2) is 0 Å². The third-order valence-electron chi connectivity index (χ3n) is 5.84. The summed E-state index contributed by atoms with van der Waals surface area (Å²) in [7, 11) is 0. The van der Waals surface area contributed by atoms with Crippen molar-refractivity contribution in [3.63, 3.8) is 0 Å². The number of rotatable bonds is 4. The van der Waals surface area contributed by atoms with Crippen LogP contribution in [-0.2, 0) is 17.9 Å². The van der Waals surface area contributed by atoms with Crippen LogP contribution in [0.5, 0.6) is 0 Å². The third kappa shape index (κ3) is 3.51. The molecule has 0 N–H and O–H groups in total. The molecule has 1 aromatic carbocycles. The summed E-state index contributed by atoms with van der Waals surface area (Å²) in [6.45, 7) is 6.50. The highest BCUT2D eigenvalue weighted by Crippen LogP contribution is 2.40. The van der Waals surface area contributed by atoms with Crippen LogP contribution in [0.3, 0.4) is 0 Å². The highest BCUT2D eigenvalue weighted by atomic mass is 16.2. The summed E-state index contributed by atoms with van der Waals surface area (Å²) in [6.07, 6.45) is 6.86. The second-order valence-corrected chi connectivity index (χ2v) is 7.92. The summed E-state index contributed by atoms with van der Waals surface area (Å²) in [5.41, 5.74) is 3.54. The number of carbonyl (C=O) groups excluding carboxylic acids is 1. The van der Waals surface area contributed by atoms with Gasteiger partial charge in [-0.1, -0.05) is 35.9 Å². The molecule has 3 heterocycles. The normalized spacial score (nSPS) is 23.7. The Balaban J connectivity index is 1.44. The number of hydrogen-bond donors (Lipinski definition) is 0. The minimum Gasteiger partial charge on any atom is -0.338 e. The van der Waals surface area contributed by atoms with Crippen LogP contribution in [0.25, 0.3) is 0 Å². The lowest BCUT2D eigenvalue weighted by Gasteiger charge is -2.39. The smallest absolute Gasteiger partial charge is 0.230 e. The standard InChI is InChI=1S/C22H27N3O/c1-18-5-2-6-19(13-18)16-25-11-4-8-22(21(25)26)9-12-24(17-22)15-20-7-3-10-23-14-20/h2-3,5-7,10,13-14H,4,8-9,11-12,15-17H2,1H3/t22-/m1/s1. The molecule has 2 aliphatic rings. The molecule has 4 rings (SSSR count). The van der Waals surface area contributed by atoms with E-state index in [1.54, 1.807) is 0 Å². The van der Waals surface area contributed by atoms with E-state index in [0.717, 1.165) is 52.0 Å². The fourth-order valence-electron chi connectivity index (χ4n) is 4.56. The van der Waals surface area contributed by atoms with Crippen molar-refractivity contribution in [3.8, 4) is 0 Å². The van der Waals surface area contributed by atoms with Crippen LogP contribution in [-0.4, -0.2) is 40.3 Å². The Morgan fingerprint density at radius 1 is 1.08 bits per heavy atom. The van der Waals surface area contributed by atoms with E-state index in [0.29, 0.717) is 5.91 Å². The monoisotopic (exact) mass is 349 g/mol. The molecule has 1 amide bonds. The summed E-state index contributed by atoms with van der Waals surface area (Å²) in [4.78, 5) is 22.0. The van der Waals surface area contributed by atoms with E-state index in [4.69, 9.17) is 0 Å². The topological polar surface area (TPSA) is 36.4 Å². The van der Waals surface area contributed by atoms with Gasteiger partial charge in [-0.3, -0.25) is 14.7 Å². The lowest BCUT2D eigenvalue weighted by atomic mass is 9.78. The molecular formula is C22H27N3O. The number of aryl methyl sites for hydroxylation is 1. The van der Waals surface area contributed by atoms with Gasteiger partial charge in [-0.05, 0) is 49.9 Å². The van der Waals surface area contributed by atoms with E-state index in [9.17, 15) is 4.79 Å². The minimum atomic E-state index is -0.176. The lowest BCUT2D eigenvalue weighted by Crippen LogP contribution is -2.49. The van der Waals surface area contributed by atoms with Crippen LogP contribution < -0.4 is 0 Å². The maximum atomic E-state index is 13.3. The van der Waals surface area contributed by atoms with Crippen molar-refractivity contribution >= 4 is 5.91 Å². The van der Waals surface area contributed by atoms with Gasteiger partial charge in [-0.15, -0.1) is 0 Å². The average molecular weight is 349 g/mol. The van der Waals surface area contributed by atoms with Crippen molar-refractivity contribution < 1.29 is 4.79 Å². The number of benzene rings is 1. The first kappa shape index (κ1) is 17.2. The molecule has 0 unspecified atom stereocenters. The predicted octanol–water partition coefficient (Wildman–Crippen LogP) is 3.40. The SMILES string of the molecule is Cc1cccc(CN2CCC[C@]3(CCN(Cc4cccnc4)C3)C2=O)c1. The first-order valence-electron chi connectivity index (χ1n) is 9.61. The van der Waals surface area contributed by atoms with Gasteiger partial charge in [0, 0.05) is 38.6 Å². The van der Waals surface area contributed by atoms with Crippen molar-refractivity contribution in [2.24, 2.45) is 5.41 Å². The number of nitrogens with zero attached hydrogens (tertiary/aromatic N) is 3. The Hall–Kier alpha value is -2.20. The summed E-state index contributed by atoms with van der Waals surface area (Å²) in [5.74, 6) is 0.360. The van der Waals surface area contributed by atoms with Crippen LogP contribution in [0.2, 0.25) is 0 Å². The fraction of sp³-hybridized carbons (Fsp3) is 0.455. The molecule has 4 nitrogen and oxygen atoms in total. The Kier molecular flexibility index (Phi) is 4.77. The van der Waals surface area contributed by atoms with E-state index in [2.05, 4.69) is 52.0 Å². The Bertz CT molecular complexity index is 776.